The smallest absolute Gasteiger partial charge is 0.0853 e. The molecule has 0 atom stereocenters. The Hall–Kier alpha value is -1.09. The van der Waals surface area contributed by atoms with Crippen LogP contribution < -0.4 is 4.90 Å². The second-order valence-electron chi connectivity index (χ2n) is 4.10. The molecule has 1 N–H and O–H groups in total. The summed E-state index contributed by atoms with van der Waals surface area (Å²) in [6.45, 7) is 8.57. The molecule has 3 heteroatoms. The van der Waals surface area contributed by atoms with E-state index in [1.54, 1.807) is 6.20 Å². The Morgan fingerprint density at radius 3 is 2.73 bits per heavy atom. The Kier molecular flexibility index (Phi) is 4.56. The van der Waals surface area contributed by atoms with Crippen molar-refractivity contribution in [2.24, 2.45) is 5.92 Å². The van der Waals surface area contributed by atoms with Gasteiger partial charge in [-0.25, -0.2) is 0 Å². The van der Waals surface area contributed by atoms with E-state index in [-0.39, 0.29) is 6.61 Å². The summed E-state index contributed by atoms with van der Waals surface area (Å²) in [4.78, 5) is 6.37. The van der Waals surface area contributed by atoms with E-state index in [2.05, 4.69) is 30.7 Å². The molecule has 0 unspecified atom stereocenters. The van der Waals surface area contributed by atoms with Crippen LogP contribution in [0.5, 0.6) is 0 Å². The van der Waals surface area contributed by atoms with Crippen LogP contribution in [-0.2, 0) is 6.61 Å². The minimum Gasteiger partial charge on any atom is -0.390 e. The lowest BCUT2D eigenvalue weighted by Crippen LogP contribution is -2.27. The van der Waals surface area contributed by atoms with E-state index in [9.17, 15) is 0 Å². The highest BCUT2D eigenvalue weighted by Crippen LogP contribution is 2.15. The molecular formula is C12H20N2O. The number of hydrogen-bond acceptors (Lipinski definition) is 3. The standard InChI is InChI=1S/C12H20N2O/c1-4-14(8-10(2)3)12-5-6-13-11(7-12)9-15/h5-7,10,15H,4,8-9H2,1-3H3. The number of rotatable bonds is 5. The number of aliphatic hydroxyl groups is 1. The van der Waals surface area contributed by atoms with Crippen molar-refractivity contribution in [2.75, 3.05) is 18.0 Å². The molecule has 1 heterocycles. The fourth-order valence-electron chi connectivity index (χ4n) is 1.61. The van der Waals surface area contributed by atoms with Gasteiger partial charge in [-0.15, -0.1) is 0 Å². The molecule has 0 spiro atoms. The maximum absolute atomic E-state index is 9.02. The lowest BCUT2D eigenvalue weighted by Gasteiger charge is -2.25. The molecule has 0 saturated carbocycles. The molecule has 1 aromatic rings. The van der Waals surface area contributed by atoms with Crippen molar-refractivity contribution in [2.45, 2.75) is 27.4 Å². The Morgan fingerprint density at radius 2 is 2.20 bits per heavy atom. The Morgan fingerprint density at radius 1 is 1.47 bits per heavy atom. The highest BCUT2D eigenvalue weighted by Gasteiger charge is 2.07. The Balaban J connectivity index is 2.81. The minimum atomic E-state index is 0.00702. The summed E-state index contributed by atoms with van der Waals surface area (Å²) in [5.41, 5.74) is 1.87. The van der Waals surface area contributed by atoms with Crippen molar-refractivity contribution < 1.29 is 5.11 Å². The van der Waals surface area contributed by atoms with E-state index in [1.165, 1.54) is 0 Å². The first-order valence-electron chi connectivity index (χ1n) is 5.48. The van der Waals surface area contributed by atoms with Gasteiger partial charge < -0.3 is 10.0 Å². The third kappa shape index (κ3) is 3.51. The van der Waals surface area contributed by atoms with E-state index in [0.717, 1.165) is 24.5 Å². The molecule has 0 aliphatic carbocycles. The first kappa shape index (κ1) is 12.0. The van der Waals surface area contributed by atoms with Crippen LogP contribution in [0.15, 0.2) is 18.3 Å². The van der Waals surface area contributed by atoms with Crippen LogP contribution in [0.3, 0.4) is 0 Å². The summed E-state index contributed by atoms with van der Waals surface area (Å²) in [6, 6.07) is 3.94. The second kappa shape index (κ2) is 5.71. The summed E-state index contributed by atoms with van der Waals surface area (Å²) in [5, 5.41) is 9.02. The van der Waals surface area contributed by atoms with Crippen LogP contribution in [-0.4, -0.2) is 23.2 Å². The van der Waals surface area contributed by atoms with E-state index < -0.39 is 0 Å². The molecule has 84 valence electrons. The fourth-order valence-corrected chi connectivity index (χ4v) is 1.61. The van der Waals surface area contributed by atoms with E-state index >= 15 is 0 Å². The van der Waals surface area contributed by atoms with Crippen molar-refractivity contribution in [3.63, 3.8) is 0 Å². The number of aromatic nitrogens is 1. The van der Waals surface area contributed by atoms with Crippen LogP contribution in [0, 0.1) is 5.92 Å². The van der Waals surface area contributed by atoms with Crippen molar-refractivity contribution >= 4 is 5.69 Å². The summed E-state index contributed by atoms with van der Waals surface area (Å²) >= 11 is 0. The summed E-state index contributed by atoms with van der Waals surface area (Å²) < 4.78 is 0. The van der Waals surface area contributed by atoms with Crippen LogP contribution in [0.25, 0.3) is 0 Å². The third-order valence-corrected chi connectivity index (χ3v) is 2.29. The maximum Gasteiger partial charge on any atom is 0.0853 e. The third-order valence-electron chi connectivity index (χ3n) is 2.29. The van der Waals surface area contributed by atoms with Gasteiger partial charge in [-0.2, -0.15) is 0 Å². The van der Waals surface area contributed by atoms with Gasteiger partial charge in [-0.05, 0) is 25.0 Å². The number of pyridine rings is 1. The van der Waals surface area contributed by atoms with Gasteiger partial charge in [-0.1, -0.05) is 13.8 Å². The molecule has 0 aromatic carbocycles. The van der Waals surface area contributed by atoms with Gasteiger partial charge in [0.05, 0.1) is 12.3 Å². The van der Waals surface area contributed by atoms with Crippen molar-refractivity contribution in [3.05, 3.63) is 24.0 Å². The average molecular weight is 208 g/mol. The Bertz CT molecular complexity index is 299. The largest absolute Gasteiger partial charge is 0.390 e. The second-order valence-corrected chi connectivity index (χ2v) is 4.10. The Labute approximate surface area is 91.8 Å². The average Bonchev–Trinajstić information content (AvgIpc) is 2.25. The van der Waals surface area contributed by atoms with Crippen LogP contribution >= 0.6 is 0 Å². The summed E-state index contributed by atoms with van der Waals surface area (Å²) in [5.74, 6) is 0.635. The molecule has 1 aromatic heterocycles. The van der Waals surface area contributed by atoms with E-state index in [4.69, 9.17) is 5.11 Å². The number of hydrogen-bond donors (Lipinski definition) is 1. The first-order valence-corrected chi connectivity index (χ1v) is 5.48. The molecule has 0 fully saturated rings. The van der Waals surface area contributed by atoms with Gasteiger partial charge in [0.25, 0.3) is 0 Å². The lowest BCUT2D eigenvalue weighted by atomic mass is 10.2. The molecule has 0 aliphatic heterocycles. The number of anilines is 1. The molecule has 0 bridgehead atoms. The molecule has 0 radical (unpaired) electrons. The predicted octanol–water partition coefficient (Wildman–Crippen LogP) is 2.06. The minimum absolute atomic E-state index is 0.00702. The molecule has 0 amide bonds. The van der Waals surface area contributed by atoms with Crippen molar-refractivity contribution in [3.8, 4) is 0 Å². The lowest BCUT2D eigenvalue weighted by molar-refractivity contribution is 0.277. The number of aliphatic hydroxyl groups excluding tert-OH is 1. The highest BCUT2D eigenvalue weighted by molar-refractivity contribution is 5.46. The maximum atomic E-state index is 9.02. The molecular weight excluding hydrogens is 188 g/mol. The van der Waals surface area contributed by atoms with Crippen LogP contribution in [0.2, 0.25) is 0 Å². The highest BCUT2D eigenvalue weighted by atomic mass is 16.3. The zero-order chi connectivity index (χ0) is 11.3. The van der Waals surface area contributed by atoms with Crippen molar-refractivity contribution in [1.29, 1.82) is 0 Å². The molecule has 3 nitrogen and oxygen atoms in total. The number of nitrogens with zero attached hydrogens (tertiary/aromatic N) is 2. The zero-order valence-electron chi connectivity index (χ0n) is 9.77. The quantitative estimate of drug-likeness (QED) is 0.804. The SMILES string of the molecule is CCN(CC(C)C)c1ccnc(CO)c1. The molecule has 0 aliphatic rings. The van der Waals surface area contributed by atoms with Gasteiger partial charge in [0, 0.05) is 25.0 Å². The fraction of sp³-hybridized carbons (Fsp3) is 0.583. The first-order chi connectivity index (χ1) is 7.17. The van der Waals surface area contributed by atoms with E-state index in [0.29, 0.717) is 5.92 Å². The van der Waals surface area contributed by atoms with Gasteiger partial charge in [0.1, 0.15) is 0 Å². The zero-order valence-corrected chi connectivity index (χ0v) is 9.77. The predicted molar refractivity (Wildman–Crippen MR) is 62.9 cm³/mol. The molecule has 0 saturated heterocycles. The monoisotopic (exact) mass is 208 g/mol. The van der Waals surface area contributed by atoms with Crippen molar-refractivity contribution in [1.82, 2.24) is 4.98 Å². The van der Waals surface area contributed by atoms with Crippen LogP contribution in [0.4, 0.5) is 5.69 Å². The topological polar surface area (TPSA) is 36.4 Å². The van der Waals surface area contributed by atoms with Gasteiger partial charge >= 0.3 is 0 Å². The normalized spacial score (nSPS) is 10.7. The van der Waals surface area contributed by atoms with E-state index in [1.807, 2.05) is 12.1 Å². The molecule has 1 rings (SSSR count). The summed E-state index contributed by atoms with van der Waals surface area (Å²) in [7, 11) is 0. The molecule has 15 heavy (non-hydrogen) atoms. The van der Waals surface area contributed by atoms with Gasteiger partial charge in [0.15, 0.2) is 0 Å². The van der Waals surface area contributed by atoms with Crippen LogP contribution in [0.1, 0.15) is 26.5 Å². The van der Waals surface area contributed by atoms with Gasteiger partial charge in [-0.3, -0.25) is 4.98 Å². The van der Waals surface area contributed by atoms with Gasteiger partial charge in [0.2, 0.25) is 0 Å². The summed E-state index contributed by atoms with van der Waals surface area (Å²) in [6.07, 6.45) is 1.75.